The highest BCUT2D eigenvalue weighted by Gasteiger charge is 2.10. The quantitative estimate of drug-likeness (QED) is 0.804. The number of carbonyl (C=O) groups excluding carboxylic acids is 1. The molecule has 21 heavy (non-hydrogen) atoms. The van der Waals surface area contributed by atoms with Gasteiger partial charge in [-0.05, 0) is 23.6 Å². The van der Waals surface area contributed by atoms with Gasteiger partial charge in [0, 0.05) is 18.0 Å². The molecule has 0 bridgehead atoms. The van der Waals surface area contributed by atoms with E-state index in [1.54, 1.807) is 35.9 Å². The molecule has 0 atom stereocenters. The van der Waals surface area contributed by atoms with Crippen molar-refractivity contribution >= 4 is 17.2 Å². The van der Waals surface area contributed by atoms with E-state index in [-0.39, 0.29) is 5.91 Å². The Kier molecular flexibility index (Phi) is 4.02. The second-order valence-corrected chi connectivity index (χ2v) is 5.33. The molecular formula is C16H13N3OS. The predicted octanol–water partition coefficient (Wildman–Crippen LogP) is 3.14. The zero-order valence-corrected chi connectivity index (χ0v) is 12.0. The van der Waals surface area contributed by atoms with Gasteiger partial charge in [0.1, 0.15) is 5.69 Å². The van der Waals surface area contributed by atoms with E-state index in [1.165, 1.54) is 0 Å². The van der Waals surface area contributed by atoms with Crippen molar-refractivity contribution in [1.82, 2.24) is 15.3 Å². The third-order valence-corrected chi connectivity index (χ3v) is 3.86. The Labute approximate surface area is 126 Å². The van der Waals surface area contributed by atoms with Gasteiger partial charge in [0.15, 0.2) is 0 Å². The molecule has 0 aliphatic carbocycles. The van der Waals surface area contributed by atoms with Crippen molar-refractivity contribution in [3.05, 3.63) is 71.5 Å². The molecule has 0 aliphatic heterocycles. The third kappa shape index (κ3) is 3.14. The van der Waals surface area contributed by atoms with Gasteiger partial charge in [0.2, 0.25) is 0 Å². The molecular weight excluding hydrogens is 282 g/mol. The van der Waals surface area contributed by atoms with Crippen LogP contribution in [-0.2, 0) is 6.54 Å². The molecule has 0 spiro atoms. The van der Waals surface area contributed by atoms with Gasteiger partial charge in [-0.25, -0.2) is 0 Å². The Bertz CT molecular complexity index is 726. The van der Waals surface area contributed by atoms with Crippen molar-refractivity contribution in [2.24, 2.45) is 0 Å². The number of hydrogen-bond acceptors (Lipinski definition) is 4. The van der Waals surface area contributed by atoms with E-state index < -0.39 is 0 Å². The molecule has 0 saturated carbocycles. The summed E-state index contributed by atoms with van der Waals surface area (Å²) in [6, 6.07) is 13.1. The van der Waals surface area contributed by atoms with E-state index in [1.807, 2.05) is 35.7 Å². The van der Waals surface area contributed by atoms with E-state index >= 15 is 0 Å². The van der Waals surface area contributed by atoms with Crippen LogP contribution in [0.15, 0.2) is 60.2 Å². The van der Waals surface area contributed by atoms with Crippen LogP contribution in [0.2, 0.25) is 0 Å². The molecule has 104 valence electrons. The molecule has 2 heterocycles. The molecule has 5 heteroatoms. The largest absolute Gasteiger partial charge is 0.346 e. The van der Waals surface area contributed by atoms with E-state index in [0.29, 0.717) is 12.1 Å². The molecule has 1 amide bonds. The number of carbonyl (C=O) groups is 1. The SMILES string of the molecule is O=C(NCc1nccnc1-c1cccs1)c1ccccc1. The first-order valence-corrected chi connectivity index (χ1v) is 7.39. The monoisotopic (exact) mass is 295 g/mol. The highest BCUT2D eigenvalue weighted by molar-refractivity contribution is 7.13. The third-order valence-electron chi connectivity index (χ3n) is 2.98. The Hall–Kier alpha value is -2.53. The van der Waals surface area contributed by atoms with Crippen LogP contribution in [0.4, 0.5) is 0 Å². The van der Waals surface area contributed by atoms with Crippen molar-refractivity contribution in [2.45, 2.75) is 6.54 Å². The van der Waals surface area contributed by atoms with Gasteiger partial charge in [0.05, 0.1) is 17.1 Å². The molecule has 0 unspecified atom stereocenters. The first kappa shape index (κ1) is 13.5. The average Bonchev–Trinajstić information content (AvgIpc) is 3.08. The number of benzene rings is 1. The lowest BCUT2D eigenvalue weighted by Gasteiger charge is -2.07. The average molecular weight is 295 g/mol. The normalized spacial score (nSPS) is 10.3. The summed E-state index contributed by atoms with van der Waals surface area (Å²) in [7, 11) is 0. The van der Waals surface area contributed by atoms with Gasteiger partial charge in [-0.3, -0.25) is 14.8 Å². The summed E-state index contributed by atoms with van der Waals surface area (Å²) in [5, 5.41) is 4.88. The summed E-state index contributed by atoms with van der Waals surface area (Å²) in [5.74, 6) is -0.113. The van der Waals surface area contributed by atoms with Crippen molar-refractivity contribution in [1.29, 1.82) is 0 Å². The predicted molar refractivity (Wildman–Crippen MR) is 83.0 cm³/mol. The van der Waals surface area contributed by atoms with Gasteiger partial charge in [-0.15, -0.1) is 11.3 Å². The Balaban J connectivity index is 1.76. The fourth-order valence-electron chi connectivity index (χ4n) is 1.97. The topological polar surface area (TPSA) is 54.9 Å². The second-order valence-electron chi connectivity index (χ2n) is 4.38. The van der Waals surface area contributed by atoms with Gasteiger partial charge in [-0.2, -0.15) is 0 Å². The van der Waals surface area contributed by atoms with E-state index in [2.05, 4.69) is 15.3 Å². The number of nitrogens with zero attached hydrogens (tertiary/aromatic N) is 2. The summed E-state index contributed by atoms with van der Waals surface area (Å²) in [6.07, 6.45) is 3.30. The number of rotatable bonds is 4. The summed E-state index contributed by atoms with van der Waals surface area (Å²) >= 11 is 1.61. The number of nitrogens with one attached hydrogen (secondary N) is 1. The van der Waals surface area contributed by atoms with E-state index in [0.717, 1.165) is 16.3 Å². The Morgan fingerprint density at radius 1 is 1.05 bits per heavy atom. The van der Waals surface area contributed by atoms with Gasteiger partial charge < -0.3 is 5.32 Å². The molecule has 0 aliphatic rings. The van der Waals surface area contributed by atoms with Gasteiger partial charge in [0.25, 0.3) is 5.91 Å². The van der Waals surface area contributed by atoms with Crippen LogP contribution in [0.25, 0.3) is 10.6 Å². The maximum Gasteiger partial charge on any atom is 0.251 e. The zero-order valence-electron chi connectivity index (χ0n) is 11.2. The molecule has 3 rings (SSSR count). The maximum atomic E-state index is 12.1. The first-order chi connectivity index (χ1) is 10.3. The molecule has 4 nitrogen and oxygen atoms in total. The number of amides is 1. The highest BCUT2D eigenvalue weighted by atomic mass is 32.1. The minimum absolute atomic E-state index is 0.113. The lowest BCUT2D eigenvalue weighted by molar-refractivity contribution is 0.0950. The number of aromatic nitrogens is 2. The first-order valence-electron chi connectivity index (χ1n) is 6.51. The van der Waals surface area contributed by atoms with E-state index in [9.17, 15) is 4.79 Å². The van der Waals surface area contributed by atoms with Gasteiger partial charge >= 0.3 is 0 Å². The Morgan fingerprint density at radius 2 is 1.86 bits per heavy atom. The standard InChI is InChI=1S/C16H13N3OS/c20-16(12-5-2-1-3-6-12)19-11-13-15(18-9-8-17-13)14-7-4-10-21-14/h1-10H,11H2,(H,19,20). The number of hydrogen-bond donors (Lipinski definition) is 1. The fourth-order valence-corrected chi connectivity index (χ4v) is 2.71. The van der Waals surface area contributed by atoms with Crippen LogP contribution in [0.5, 0.6) is 0 Å². The lowest BCUT2D eigenvalue weighted by atomic mass is 10.2. The summed E-state index contributed by atoms with van der Waals surface area (Å²) in [5.41, 5.74) is 2.23. The summed E-state index contributed by atoms with van der Waals surface area (Å²) in [4.78, 5) is 21.8. The molecule has 0 radical (unpaired) electrons. The number of thiophene rings is 1. The summed E-state index contributed by atoms with van der Waals surface area (Å²) < 4.78 is 0. The smallest absolute Gasteiger partial charge is 0.251 e. The molecule has 3 aromatic rings. The molecule has 0 saturated heterocycles. The molecule has 2 aromatic heterocycles. The molecule has 0 fully saturated rings. The Morgan fingerprint density at radius 3 is 2.62 bits per heavy atom. The van der Waals surface area contributed by atoms with Crippen LogP contribution in [-0.4, -0.2) is 15.9 Å². The van der Waals surface area contributed by atoms with Crippen molar-refractivity contribution < 1.29 is 4.79 Å². The maximum absolute atomic E-state index is 12.1. The van der Waals surface area contributed by atoms with Crippen LogP contribution in [0.3, 0.4) is 0 Å². The van der Waals surface area contributed by atoms with Crippen molar-refractivity contribution in [3.63, 3.8) is 0 Å². The minimum atomic E-state index is -0.113. The van der Waals surface area contributed by atoms with Crippen LogP contribution < -0.4 is 5.32 Å². The van der Waals surface area contributed by atoms with Gasteiger partial charge in [-0.1, -0.05) is 24.3 Å². The van der Waals surface area contributed by atoms with Crippen LogP contribution in [0, 0.1) is 0 Å². The van der Waals surface area contributed by atoms with Crippen LogP contribution in [0.1, 0.15) is 16.1 Å². The minimum Gasteiger partial charge on any atom is -0.346 e. The van der Waals surface area contributed by atoms with Crippen LogP contribution >= 0.6 is 11.3 Å². The molecule has 1 aromatic carbocycles. The highest BCUT2D eigenvalue weighted by Crippen LogP contribution is 2.24. The van der Waals surface area contributed by atoms with Crippen molar-refractivity contribution in [3.8, 4) is 10.6 Å². The zero-order chi connectivity index (χ0) is 14.5. The fraction of sp³-hybridized carbons (Fsp3) is 0.0625. The summed E-state index contributed by atoms with van der Waals surface area (Å²) in [6.45, 7) is 0.356. The van der Waals surface area contributed by atoms with E-state index in [4.69, 9.17) is 0 Å². The lowest BCUT2D eigenvalue weighted by Crippen LogP contribution is -2.23. The van der Waals surface area contributed by atoms with Crippen molar-refractivity contribution in [2.75, 3.05) is 0 Å². The second kappa shape index (κ2) is 6.28. The molecule has 1 N–H and O–H groups in total.